The van der Waals surface area contributed by atoms with Gasteiger partial charge in [0.05, 0.1) is 23.3 Å². The van der Waals surface area contributed by atoms with Crippen LogP contribution in [0.25, 0.3) is 16.4 Å². The second-order valence-corrected chi connectivity index (χ2v) is 5.94. The SMILES string of the molecule is O=C(Nc1ccccc1-n1cccn1)Nc1cn[nH]c1-c1nccs1. The van der Waals surface area contributed by atoms with Crippen molar-refractivity contribution in [2.75, 3.05) is 10.6 Å². The number of H-pyrrole nitrogens is 1. The largest absolute Gasteiger partial charge is 0.323 e. The van der Waals surface area contributed by atoms with Crippen LogP contribution in [0.5, 0.6) is 0 Å². The van der Waals surface area contributed by atoms with Gasteiger partial charge in [-0.2, -0.15) is 10.2 Å². The van der Waals surface area contributed by atoms with E-state index in [9.17, 15) is 4.79 Å². The maximum atomic E-state index is 12.4. The second kappa shape index (κ2) is 6.57. The molecule has 8 nitrogen and oxygen atoms in total. The summed E-state index contributed by atoms with van der Waals surface area (Å²) >= 11 is 1.46. The summed E-state index contributed by atoms with van der Waals surface area (Å²) in [6.07, 6.45) is 6.75. The number of rotatable bonds is 4. The monoisotopic (exact) mass is 351 g/mol. The Morgan fingerprint density at radius 2 is 2.00 bits per heavy atom. The van der Waals surface area contributed by atoms with E-state index in [1.807, 2.05) is 41.9 Å². The fraction of sp³-hybridized carbons (Fsp3) is 0. The quantitative estimate of drug-likeness (QED) is 0.525. The van der Waals surface area contributed by atoms with Gasteiger partial charge in [0.15, 0.2) is 0 Å². The highest BCUT2D eigenvalue weighted by Crippen LogP contribution is 2.27. The highest BCUT2D eigenvalue weighted by Gasteiger charge is 2.14. The van der Waals surface area contributed by atoms with Gasteiger partial charge >= 0.3 is 6.03 Å². The zero-order chi connectivity index (χ0) is 17.1. The van der Waals surface area contributed by atoms with Crippen molar-refractivity contribution in [1.82, 2.24) is 25.0 Å². The van der Waals surface area contributed by atoms with Crippen LogP contribution in [0.2, 0.25) is 0 Å². The van der Waals surface area contributed by atoms with E-state index in [4.69, 9.17) is 0 Å². The van der Waals surface area contributed by atoms with E-state index in [2.05, 4.69) is 30.9 Å². The summed E-state index contributed by atoms with van der Waals surface area (Å²) in [6, 6.07) is 8.87. The van der Waals surface area contributed by atoms with Gasteiger partial charge in [0, 0.05) is 24.0 Å². The first kappa shape index (κ1) is 15.1. The first-order valence-corrected chi connectivity index (χ1v) is 8.29. The van der Waals surface area contributed by atoms with E-state index < -0.39 is 0 Å². The highest BCUT2D eigenvalue weighted by molar-refractivity contribution is 7.13. The van der Waals surface area contributed by atoms with Gasteiger partial charge in [0.2, 0.25) is 0 Å². The lowest BCUT2D eigenvalue weighted by atomic mass is 10.2. The molecule has 0 aliphatic carbocycles. The summed E-state index contributed by atoms with van der Waals surface area (Å²) in [6.45, 7) is 0. The Labute approximate surface area is 146 Å². The molecule has 0 spiro atoms. The molecular formula is C16H13N7OS. The minimum atomic E-state index is -0.376. The molecule has 0 fully saturated rings. The van der Waals surface area contributed by atoms with Gasteiger partial charge in [0.25, 0.3) is 0 Å². The van der Waals surface area contributed by atoms with Gasteiger partial charge < -0.3 is 10.6 Å². The summed E-state index contributed by atoms with van der Waals surface area (Å²) in [5.41, 5.74) is 2.65. The Hall–Kier alpha value is -3.46. The number of para-hydroxylation sites is 2. The van der Waals surface area contributed by atoms with Gasteiger partial charge in [-0.1, -0.05) is 12.1 Å². The molecule has 25 heavy (non-hydrogen) atoms. The molecule has 3 heterocycles. The van der Waals surface area contributed by atoms with Crippen LogP contribution >= 0.6 is 11.3 Å². The third-order valence-corrected chi connectivity index (χ3v) is 4.23. The average Bonchev–Trinajstić information content (AvgIpc) is 3.37. The first-order valence-electron chi connectivity index (χ1n) is 7.41. The Morgan fingerprint density at radius 1 is 1.12 bits per heavy atom. The molecule has 4 rings (SSSR count). The van der Waals surface area contributed by atoms with Crippen LogP contribution in [0, 0.1) is 0 Å². The van der Waals surface area contributed by atoms with Crippen LogP contribution in [0.1, 0.15) is 0 Å². The summed E-state index contributed by atoms with van der Waals surface area (Å²) < 4.78 is 1.69. The van der Waals surface area contributed by atoms with Crippen molar-refractivity contribution in [2.45, 2.75) is 0 Å². The maximum Gasteiger partial charge on any atom is 0.323 e. The van der Waals surface area contributed by atoms with E-state index in [1.165, 1.54) is 11.3 Å². The zero-order valence-electron chi connectivity index (χ0n) is 12.9. The first-order chi connectivity index (χ1) is 12.3. The van der Waals surface area contributed by atoms with Gasteiger partial charge in [-0.3, -0.25) is 5.10 Å². The lowest BCUT2D eigenvalue weighted by Crippen LogP contribution is -2.20. The van der Waals surface area contributed by atoms with Crippen LogP contribution < -0.4 is 10.6 Å². The topological polar surface area (TPSA) is 101 Å². The molecule has 4 aromatic rings. The Balaban J connectivity index is 1.54. The Kier molecular flexibility index (Phi) is 3.97. The molecule has 0 radical (unpaired) electrons. The van der Waals surface area contributed by atoms with Crippen LogP contribution in [-0.4, -0.2) is 31.0 Å². The molecule has 0 saturated carbocycles. The molecule has 0 atom stereocenters. The van der Waals surface area contributed by atoms with Gasteiger partial charge in [-0.25, -0.2) is 14.5 Å². The normalized spacial score (nSPS) is 10.6. The minimum Gasteiger partial charge on any atom is -0.306 e. The number of benzene rings is 1. The van der Waals surface area contributed by atoms with Crippen LogP contribution in [-0.2, 0) is 0 Å². The number of aromatic amines is 1. The molecule has 0 aliphatic rings. The van der Waals surface area contributed by atoms with E-state index in [0.29, 0.717) is 17.1 Å². The molecule has 124 valence electrons. The standard InChI is InChI=1S/C16H13N7OS/c24-16(21-12-10-18-22-14(12)15-17-7-9-25-15)20-11-4-1-2-5-13(11)23-8-3-6-19-23/h1-10H,(H,18,22)(H2,20,21,24). The predicted molar refractivity (Wildman–Crippen MR) is 95.9 cm³/mol. The van der Waals surface area contributed by atoms with Crippen molar-refractivity contribution in [3.8, 4) is 16.4 Å². The molecule has 1 aromatic carbocycles. The molecule has 2 amide bonds. The zero-order valence-corrected chi connectivity index (χ0v) is 13.7. The van der Waals surface area contributed by atoms with E-state index in [-0.39, 0.29) is 6.03 Å². The van der Waals surface area contributed by atoms with Gasteiger partial charge in [0.1, 0.15) is 10.7 Å². The van der Waals surface area contributed by atoms with Crippen molar-refractivity contribution in [3.63, 3.8) is 0 Å². The lowest BCUT2D eigenvalue weighted by Gasteiger charge is -2.11. The summed E-state index contributed by atoms with van der Waals surface area (Å²) in [5.74, 6) is 0. The number of thiazole rings is 1. The molecule has 3 aromatic heterocycles. The van der Waals surface area contributed by atoms with Crippen molar-refractivity contribution in [1.29, 1.82) is 0 Å². The summed E-state index contributed by atoms with van der Waals surface area (Å²) in [4.78, 5) is 16.6. The third kappa shape index (κ3) is 3.12. The molecule has 3 N–H and O–H groups in total. The van der Waals surface area contributed by atoms with Crippen molar-refractivity contribution in [2.24, 2.45) is 0 Å². The molecule has 0 aliphatic heterocycles. The van der Waals surface area contributed by atoms with Crippen molar-refractivity contribution < 1.29 is 4.79 Å². The maximum absolute atomic E-state index is 12.4. The second-order valence-electron chi connectivity index (χ2n) is 5.04. The van der Waals surface area contributed by atoms with Crippen molar-refractivity contribution >= 4 is 28.7 Å². The summed E-state index contributed by atoms with van der Waals surface area (Å²) in [7, 11) is 0. The van der Waals surface area contributed by atoms with Crippen LogP contribution in [0.3, 0.4) is 0 Å². The fourth-order valence-electron chi connectivity index (χ4n) is 2.36. The number of aromatic nitrogens is 5. The molecule has 0 saturated heterocycles. The summed E-state index contributed by atoms with van der Waals surface area (Å²) in [5, 5.41) is 19.3. The van der Waals surface area contributed by atoms with Gasteiger partial charge in [-0.05, 0) is 18.2 Å². The number of urea groups is 1. The number of carbonyl (C=O) groups is 1. The molecule has 9 heteroatoms. The number of nitrogens with one attached hydrogen (secondary N) is 3. The lowest BCUT2D eigenvalue weighted by molar-refractivity contribution is 0.262. The molecular weight excluding hydrogens is 338 g/mol. The third-order valence-electron chi connectivity index (χ3n) is 3.44. The number of nitrogens with zero attached hydrogens (tertiary/aromatic N) is 4. The average molecular weight is 351 g/mol. The number of carbonyl (C=O) groups excluding carboxylic acids is 1. The van der Waals surface area contributed by atoms with Crippen LogP contribution in [0.4, 0.5) is 16.2 Å². The number of hydrogen-bond acceptors (Lipinski definition) is 5. The van der Waals surface area contributed by atoms with Crippen molar-refractivity contribution in [3.05, 3.63) is 60.5 Å². The predicted octanol–water partition coefficient (Wildman–Crippen LogP) is 3.36. The minimum absolute atomic E-state index is 0.376. The van der Waals surface area contributed by atoms with Crippen LogP contribution in [0.15, 0.2) is 60.5 Å². The number of anilines is 2. The van der Waals surface area contributed by atoms with E-state index in [0.717, 1.165) is 10.7 Å². The number of hydrogen-bond donors (Lipinski definition) is 3. The number of amides is 2. The van der Waals surface area contributed by atoms with E-state index in [1.54, 1.807) is 23.3 Å². The highest BCUT2D eigenvalue weighted by atomic mass is 32.1. The smallest absolute Gasteiger partial charge is 0.306 e. The fourth-order valence-corrected chi connectivity index (χ4v) is 3.00. The Morgan fingerprint density at radius 3 is 2.80 bits per heavy atom. The molecule has 0 unspecified atom stereocenters. The molecule has 0 bridgehead atoms. The van der Waals surface area contributed by atoms with E-state index >= 15 is 0 Å². The van der Waals surface area contributed by atoms with Gasteiger partial charge in [-0.15, -0.1) is 11.3 Å². The Bertz CT molecular complexity index is 976.